The average Bonchev–Trinajstić information content (AvgIpc) is 2.63. The lowest BCUT2D eigenvalue weighted by Gasteiger charge is -2.23. The van der Waals surface area contributed by atoms with E-state index in [9.17, 15) is 10.2 Å². The van der Waals surface area contributed by atoms with E-state index in [1.807, 2.05) is 0 Å². The fraction of sp³-hybridized carbons (Fsp3) is 1.00. The van der Waals surface area contributed by atoms with Crippen molar-refractivity contribution < 1.29 is 29.9 Å². The molecule has 0 saturated carbocycles. The van der Waals surface area contributed by atoms with E-state index in [1.54, 1.807) is 0 Å². The first-order valence-corrected chi connectivity index (χ1v) is 4.01. The van der Waals surface area contributed by atoms with Crippen LogP contribution in [0.5, 0.6) is 0 Å². The Morgan fingerprint density at radius 2 is 1.38 bits per heavy atom. The number of aliphatic hydroxyl groups is 4. The molecular weight excluding hydrogens is 180 g/mol. The van der Waals surface area contributed by atoms with Crippen LogP contribution in [0.1, 0.15) is 0 Å². The van der Waals surface area contributed by atoms with Gasteiger partial charge >= 0.3 is 0 Å². The topological polar surface area (TPSA) is 99.4 Å². The lowest BCUT2D eigenvalue weighted by molar-refractivity contribution is -0.0640. The molecule has 6 heteroatoms. The molecule has 0 aromatic carbocycles. The van der Waals surface area contributed by atoms with Crippen molar-refractivity contribution >= 4 is 0 Å². The highest BCUT2D eigenvalue weighted by Crippen LogP contribution is 2.19. The summed E-state index contributed by atoms with van der Waals surface area (Å²) in [6.07, 6.45) is -3.78. The molecule has 4 atom stereocenters. The summed E-state index contributed by atoms with van der Waals surface area (Å²) < 4.78 is 9.88. The minimum Gasteiger partial charge on any atom is -0.394 e. The summed E-state index contributed by atoms with van der Waals surface area (Å²) in [5, 5.41) is 35.7. The van der Waals surface area contributed by atoms with Gasteiger partial charge in [0.15, 0.2) is 0 Å². The molecule has 0 spiro atoms. The third kappa shape index (κ3) is 2.37. The van der Waals surface area contributed by atoms with Crippen LogP contribution in [0.25, 0.3) is 0 Å². The molecule has 78 valence electrons. The molecule has 1 aliphatic rings. The van der Waals surface area contributed by atoms with Crippen LogP contribution in [0.15, 0.2) is 0 Å². The molecule has 0 aromatic rings. The zero-order valence-corrected chi connectivity index (χ0v) is 7.04. The van der Waals surface area contributed by atoms with E-state index in [0.29, 0.717) is 0 Å². The highest BCUT2D eigenvalue weighted by Gasteiger charge is 2.39. The van der Waals surface area contributed by atoms with Crippen molar-refractivity contribution in [2.45, 2.75) is 24.4 Å². The van der Waals surface area contributed by atoms with Crippen molar-refractivity contribution in [3.8, 4) is 0 Å². The second-order valence-electron chi connectivity index (χ2n) is 2.88. The van der Waals surface area contributed by atoms with Crippen LogP contribution in [0.2, 0.25) is 0 Å². The van der Waals surface area contributed by atoms with E-state index < -0.39 is 37.6 Å². The van der Waals surface area contributed by atoms with E-state index >= 15 is 0 Å². The van der Waals surface area contributed by atoms with Gasteiger partial charge in [-0.15, -0.1) is 0 Å². The number of hydrogen-bond donors (Lipinski definition) is 4. The van der Waals surface area contributed by atoms with Gasteiger partial charge in [0.25, 0.3) is 0 Å². The molecule has 13 heavy (non-hydrogen) atoms. The highest BCUT2D eigenvalue weighted by molar-refractivity contribution is 4.85. The first kappa shape index (κ1) is 10.8. The van der Waals surface area contributed by atoms with Gasteiger partial charge in [-0.25, -0.2) is 0 Å². The molecule has 1 aliphatic heterocycles. The summed E-state index contributed by atoms with van der Waals surface area (Å²) in [6.45, 7) is -0.991. The largest absolute Gasteiger partial charge is 0.394 e. The summed E-state index contributed by atoms with van der Waals surface area (Å²) in [4.78, 5) is 0. The molecule has 0 radical (unpaired) electrons. The Hall–Kier alpha value is -0.240. The first-order chi connectivity index (χ1) is 6.20. The molecule has 1 saturated heterocycles. The zero-order chi connectivity index (χ0) is 9.84. The van der Waals surface area contributed by atoms with Gasteiger partial charge in [0.05, 0.1) is 13.2 Å². The van der Waals surface area contributed by atoms with Gasteiger partial charge in [-0.3, -0.25) is 0 Å². The second-order valence-corrected chi connectivity index (χ2v) is 2.88. The zero-order valence-electron chi connectivity index (χ0n) is 7.04. The minimum absolute atomic E-state index is 0.0521. The molecule has 1 fully saturated rings. The molecule has 1 heterocycles. The predicted octanol–water partition coefficient (Wildman–Crippen LogP) is -2.57. The van der Waals surface area contributed by atoms with Crippen molar-refractivity contribution in [1.82, 2.24) is 0 Å². The van der Waals surface area contributed by atoms with E-state index in [0.717, 1.165) is 0 Å². The summed E-state index contributed by atoms with van der Waals surface area (Å²) >= 11 is 0. The van der Waals surface area contributed by atoms with Gasteiger partial charge in [-0.2, -0.15) is 0 Å². The Morgan fingerprint density at radius 1 is 1.00 bits per heavy atom. The van der Waals surface area contributed by atoms with E-state index in [2.05, 4.69) is 0 Å². The van der Waals surface area contributed by atoms with Crippen LogP contribution in [0.4, 0.5) is 0 Å². The fourth-order valence-corrected chi connectivity index (χ4v) is 1.25. The van der Waals surface area contributed by atoms with Crippen LogP contribution in [0, 0.1) is 0 Å². The molecule has 4 N–H and O–H groups in total. The first-order valence-electron chi connectivity index (χ1n) is 4.01. The van der Waals surface area contributed by atoms with Gasteiger partial charge < -0.3 is 29.9 Å². The number of aliphatic hydroxyl groups excluding tert-OH is 4. The SMILES string of the molecule is OCC(O)C1OCOC1C(O)CO. The Kier molecular flexibility index (Phi) is 4.04. The molecular formula is C7H14O6. The van der Waals surface area contributed by atoms with Gasteiger partial charge in [-0.1, -0.05) is 0 Å². The van der Waals surface area contributed by atoms with Crippen LogP contribution in [0.3, 0.4) is 0 Å². The van der Waals surface area contributed by atoms with Crippen LogP contribution >= 0.6 is 0 Å². The quantitative estimate of drug-likeness (QED) is 0.393. The Bertz CT molecular complexity index is 136. The molecule has 0 aliphatic carbocycles. The molecule has 0 aromatic heterocycles. The summed E-state index contributed by atoms with van der Waals surface area (Å²) in [7, 11) is 0. The fourth-order valence-electron chi connectivity index (χ4n) is 1.25. The third-order valence-corrected chi connectivity index (χ3v) is 1.98. The molecule has 0 amide bonds. The van der Waals surface area contributed by atoms with Crippen molar-refractivity contribution in [2.75, 3.05) is 20.0 Å². The van der Waals surface area contributed by atoms with Crippen molar-refractivity contribution in [2.24, 2.45) is 0 Å². The summed E-state index contributed by atoms with van der Waals surface area (Å²) in [5.41, 5.74) is 0. The number of ether oxygens (including phenoxy) is 2. The van der Waals surface area contributed by atoms with Crippen molar-refractivity contribution in [3.63, 3.8) is 0 Å². The monoisotopic (exact) mass is 194 g/mol. The maximum atomic E-state index is 9.22. The van der Waals surface area contributed by atoms with Gasteiger partial charge in [0, 0.05) is 0 Å². The van der Waals surface area contributed by atoms with Crippen molar-refractivity contribution in [3.05, 3.63) is 0 Å². The normalized spacial score (nSPS) is 33.2. The number of rotatable bonds is 4. The van der Waals surface area contributed by atoms with Gasteiger partial charge in [0.2, 0.25) is 0 Å². The van der Waals surface area contributed by atoms with Crippen LogP contribution < -0.4 is 0 Å². The minimum atomic E-state index is -1.10. The smallest absolute Gasteiger partial charge is 0.148 e. The molecule has 4 unspecified atom stereocenters. The van der Waals surface area contributed by atoms with Crippen molar-refractivity contribution in [1.29, 1.82) is 0 Å². The van der Waals surface area contributed by atoms with Crippen LogP contribution in [-0.4, -0.2) is 64.8 Å². The molecule has 6 nitrogen and oxygen atoms in total. The standard InChI is InChI=1S/C7H14O6/c8-1-4(10)6-7(5(11)2-9)13-3-12-6/h4-11H,1-3H2. The Labute approximate surface area is 75.3 Å². The Morgan fingerprint density at radius 3 is 1.69 bits per heavy atom. The molecule has 1 rings (SSSR count). The maximum Gasteiger partial charge on any atom is 0.148 e. The van der Waals surface area contributed by atoms with E-state index in [4.69, 9.17) is 19.7 Å². The lowest BCUT2D eigenvalue weighted by atomic mass is 10.0. The lowest BCUT2D eigenvalue weighted by Crippen LogP contribution is -2.45. The highest BCUT2D eigenvalue weighted by atomic mass is 16.7. The van der Waals surface area contributed by atoms with Gasteiger partial charge in [0.1, 0.15) is 31.2 Å². The van der Waals surface area contributed by atoms with Gasteiger partial charge in [-0.05, 0) is 0 Å². The predicted molar refractivity (Wildman–Crippen MR) is 40.8 cm³/mol. The van der Waals surface area contributed by atoms with E-state index in [-0.39, 0.29) is 6.79 Å². The maximum absolute atomic E-state index is 9.22. The van der Waals surface area contributed by atoms with Crippen LogP contribution in [-0.2, 0) is 9.47 Å². The second kappa shape index (κ2) is 4.85. The summed E-state index contributed by atoms with van der Waals surface area (Å²) in [5.74, 6) is 0. The average molecular weight is 194 g/mol. The summed E-state index contributed by atoms with van der Waals surface area (Å²) in [6, 6.07) is 0. The molecule has 0 bridgehead atoms. The number of hydrogen-bond acceptors (Lipinski definition) is 6. The Balaban J connectivity index is 2.52. The van der Waals surface area contributed by atoms with E-state index in [1.165, 1.54) is 0 Å². The third-order valence-electron chi connectivity index (χ3n) is 1.98.